The quantitative estimate of drug-likeness (QED) is 0.330. The molecule has 0 amide bonds. The number of carboxylic acid groups (broad SMARTS) is 1. The molecule has 0 fully saturated rings. The van der Waals surface area contributed by atoms with E-state index < -0.39 is 17.3 Å². The average Bonchev–Trinajstić information content (AvgIpc) is 2.63. The molecule has 1 aromatic carbocycles. The third kappa shape index (κ3) is 3.55. The molecule has 0 atom stereocenters. The molecule has 0 saturated carbocycles. The van der Waals surface area contributed by atoms with Gasteiger partial charge in [-0.25, -0.2) is 19.0 Å². The SMILES string of the molecule is CC(Cc1c(Cl)c(C(=O)O)cc(-n2c(=O)n(C)c(=S)n(C)c2=O)c1Cl)=NO. The zero-order valence-corrected chi connectivity index (χ0v) is 16.7. The molecule has 9 nitrogen and oxygen atoms in total. The molecule has 1 heterocycles. The maximum absolute atomic E-state index is 12.6. The maximum atomic E-state index is 12.6. The number of aromatic nitrogens is 3. The van der Waals surface area contributed by atoms with Crippen LogP contribution in [0.3, 0.4) is 0 Å². The second-order valence-corrected chi connectivity index (χ2v) is 6.79. The zero-order chi connectivity index (χ0) is 20.6. The highest BCUT2D eigenvalue weighted by Gasteiger charge is 2.23. The predicted molar refractivity (Wildman–Crippen MR) is 103 cm³/mol. The lowest BCUT2D eigenvalue weighted by Crippen LogP contribution is -2.43. The second-order valence-electron chi connectivity index (χ2n) is 5.67. The molecule has 27 heavy (non-hydrogen) atoms. The number of oxime groups is 1. The summed E-state index contributed by atoms with van der Waals surface area (Å²) in [5.74, 6) is -1.38. The van der Waals surface area contributed by atoms with Gasteiger partial charge in [0, 0.05) is 20.5 Å². The first kappa shape index (κ1) is 20.9. The number of nitrogens with zero attached hydrogens (tertiary/aromatic N) is 4. The van der Waals surface area contributed by atoms with E-state index in [1.807, 2.05) is 0 Å². The first-order chi connectivity index (χ1) is 12.5. The Labute approximate surface area is 167 Å². The predicted octanol–water partition coefficient (Wildman–Crippen LogP) is 2.00. The first-order valence-electron chi connectivity index (χ1n) is 7.34. The maximum Gasteiger partial charge on any atom is 0.338 e. The van der Waals surface area contributed by atoms with E-state index in [0.29, 0.717) is 4.57 Å². The van der Waals surface area contributed by atoms with Crippen LogP contribution in [-0.4, -0.2) is 35.7 Å². The van der Waals surface area contributed by atoms with Crippen molar-refractivity contribution in [1.29, 1.82) is 0 Å². The highest BCUT2D eigenvalue weighted by atomic mass is 35.5. The molecule has 0 spiro atoms. The van der Waals surface area contributed by atoms with Crippen LogP contribution < -0.4 is 11.4 Å². The van der Waals surface area contributed by atoms with E-state index >= 15 is 0 Å². The third-order valence-electron chi connectivity index (χ3n) is 3.88. The van der Waals surface area contributed by atoms with E-state index in [-0.39, 0.29) is 43.8 Å². The summed E-state index contributed by atoms with van der Waals surface area (Å²) >= 11 is 17.5. The Kier molecular flexibility index (Phi) is 5.93. The van der Waals surface area contributed by atoms with E-state index in [2.05, 4.69) is 5.16 Å². The Balaban J connectivity index is 3.04. The van der Waals surface area contributed by atoms with E-state index in [0.717, 1.165) is 15.2 Å². The normalized spacial score (nSPS) is 11.7. The molecule has 2 N–H and O–H groups in total. The fourth-order valence-electron chi connectivity index (χ4n) is 2.42. The van der Waals surface area contributed by atoms with E-state index in [9.17, 15) is 19.5 Å². The Morgan fingerprint density at radius 3 is 2.15 bits per heavy atom. The second kappa shape index (κ2) is 7.67. The monoisotopic (exact) mass is 432 g/mol. The van der Waals surface area contributed by atoms with Gasteiger partial charge in [0.15, 0.2) is 4.77 Å². The molecule has 0 unspecified atom stereocenters. The van der Waals surface area contributed by atoms with Crippen molar-refractivity contribution in [1.82, 2.24) is 13.7 Å². The molecule has 2 aromatic rings. The van der Waals surface area contributed by atoms with Gasteiger partial charge in [-0.2, -0.15) is 0 Å². The molecule has 2 rings (SSSR count). The van der Waals surface area contributed by atoms with Gasteiger partial charge >= 0.3 is 17.3 Å². The Morgan fingerprint density at radius 2 is 1.70 bits per heavy atom. The van der Waals surface area contributed by atoms with Crippen LogP contribution in [-0.2, 0) is 20.5 Å². The summed E-state index contributed by atoms with van der Waals surface area (Å²) in [6.45, 7) is 1.47. The molecule has 1 aromatic heterocycles. The van der Waals surface area contributed by atoms with Crippen LogP contribution in [0.1, 0.15) is 22.8 Å². The molecule has 12 heteroatoms. The van der Waals surface area contributed by atoms with Crippen LogP contribution in [0, 0.1) is 4.77 Å². The van der Waals surface area contributed by atoms with Crippen LogP contribution in [0.15, 0.2) is 20.8 Å². The summed E-state index contributed by atoms with van der Waals surface area (Å²) in [7, 11) is 2.73. The van der Waals surface area contributed by atoms with Crippen molar-refractivity contribution in [2.75, 3.05) is 0 Å². The zero-order valence-electron chi connectivity index (χ0n) is 14.4. The van der Waals surface area contributed by atoms with Gasteiger partial charge < -0.3 is 10.3 Å². The minimum atomic E-state index is -1.38. The van der Waals surface area contributed by atoms with Gasteiger partial charge in [-0.05, 0) is 30.8 Å². The number of hydrogen-bond acceptors (Lipinski definition) is 6. The summed E-state index contributed by atoms with van der Waals surface area (Å²) in [5.41, 5.74) is -1.85. The molecule has 144 valence electrons. The lowest BCUT2D eigenvalue weighted by Gasteiger charge is -2.16. The van der Waals surface area contributed by atoms with Crippen molar-refractivity contribution >= 4 is 47.1 Å². The number of carbonyl (C=O) groups is 1. The summed E-state index contributed by atoms with van der Waals surface area (Å²) in [6.07, 6.45) is -0.0946. The average molecular weight is 433 g/mol. The van der Waals surface area contributed by atoms with Gasteiger partial charge in [0.2, 0.25) is 0 Å². The molecular formula is C15H14Cl2N4O5S. The van der Waals surface area contributed by atoms with Gasteiger partial charge in [-0.3, -0.25) is 9.13 Å². The number of benzene rings is 1. The van der Waals surface area contributed by atoms with Crippen LogP contribution in [0.4, 0.5) is 0 Å². The van der Waals surface area contributed by atoms with Crippen LogP contribution in [0.2, 0.25) is 10.0 Å². The van der Waals surface area contributed by atoms with Crippen molar-refractivity contribution in [3.8, 4) is 5.69 Å². The Hall–Kier alpha value is -2.43. The molecule has 0 aliphatic rings. The molecule has 0 saturated heterocycles. The topological polar surface area (TPSA) is 119 Å². The summed E-state index contributed by atoms with van der Waals surface area (Å²) in [6, 6.07) is 1.04. The molecule has 0 aliphatic heterocycles. The van der Waals surface area contributed by atoms with Crippen LogP contribution >= 0.6 is 35.4 Å². The van der Waals surface area contributed by atoms with Crippen LogP contribution in [0.25, 0.3) is 5.69 Å². The van der Waals surface area contributed by atoms with Gasteiger partial charge in [0.1, 0.15) is 0 Å². The lowest BCUT2D eigenvalue weighted by atomic mass is 10.0. The summed E-state index contributed by atoms with van der Waals surface area (Å²) in [4.78, 5) is 36.8. The van der Waals surface area contributed by atoms with Gasteiger partial charge in [0.05, 0.1) is 27.0 Å². The first-order valence-corrected chi connectivity index (χ1v) is 8.50. The fraction of sp³-hybridized carbons (Fsp3) is 0.267. The number of aromatic carboxylic acids is 1. The van der Waals surface area contributed by atoms with Gasteiger partial charge in [0.25, 0.3) is 0 Å². The molecule has 0 radical (unpaired) electrons. The summed E-state index contributed by atoms with van der Waals surface area (Å²) in [5, 5.41) is 21.0. The minimum Gasteiger partial charge on any atom is -0.478 e. The van der Waals surface area contributed by atoms with Gasteiger partial charge in [-0.15, -0.1) is 0 Å². The molecular weight excluding hydrogens is 419 g/mol. The number of hydrogen-bond donors (Lipinski definition) is 2. The highest BCUT2D eigenvalue weighted by molar-refractivity contribution is 7.71. The van der Waals surface area contributed by atoms with Crippen molar-refractivity contribution in [2.45, 2.75) is 13.3 Å². The number of carboxylic acids is 1. The largest absolute Gasteiger partial charge is 0.478 e. The Bertz CT molecular complexity index is 1120. The van der Waals surface area contributed by atoms with Crippen molar-refractivity contribution < 1.29 is 15.1 Å². The Morgan fingerprint density at radius 1 is 1.19 bits per heavy atom. The minimum absolute atomic E-state index is 0.0201. The third-order valence-corrected chi connectivity index (χ3v) is 5.28. The lowest BCUT2D eigenvalue weighted by molar-refractivity contribution is 0.0697. The number of halogens is 2. The molecule has 0 bridgehead atoms. The van der Waals surface area contributed by atoms with Gasteiger partial charge in [-0.1, -0.05) is 28.4 Å². The van der Waals surface area contributed by atoms with E-state index in [1.165, 1.54) is 21.0 Å². The van der Waals surface area contributed by atoms with E-state index in [4.69, 9.17) is 40.6 Å². The van der Waals surface area contributed by atoms with E-state index in [1.54, 1.807) is 0 Å². The standard InChI is InChI=1S/C15H14Cl2N4O5S/c1-6(18-26)4-7-10(16)8(12(22)23)5-9(11(7)17)21-13(24)19(2)15(27)20(3)14(21)25/h5,26H,4H2,1-3H3,(H,22,23). The van der Waals surface area contributed by atoms with Crippen molar-refractivity contribution in [3.05, 3.63) is 53.0 Å². The van der Waals surface area contributed by atoms with Crippen molar-refractivity contribution in [2.24, 2.45) is 19.3 Å². The van der Waals surface area contributed by atoms with Crippen LogP contribution in [0.5, 0.6) is 0 Å². The molecule has 0 aliphatic carbocycles. The number of rotatable bonds is 4. The fourth-order valence-corrected chi connectivity index (χ4v) is 3.22. The van der Waals surface area contributed by atoms with Crippen molar-refractivity contribution in [3.63, 3.8) is 0 Å². The summed E-state index contributed by atoms with van der Waals surface area (Å²) < 4.78 is 2.77. The smallest absolute Gasteiger partial charge is 0.338 e. The highest BCUT2D eigenvalue weighted by Crippen LogP contribution is 2.33.